The Bertz CT molecular complexity index is 2810. The van der Waals surface area contributed by atoms with Gasteiger partial charge in [0.1, 0.15) is 0 Å². The predicted molar refractivity (Wildman–Crippen MR) is 209 cm³/mol. The van der Waals surface area contributed by atoms with E-state index in [2.05, 4.69) is 122 Å². The summed E-state index contributed by atoms with van der Waals surface area (Å²) in [5.74, 6) is 1.92. The van der Waals surface area contributed by atoms with E-state index < -0.39 is 0 Å². The molecule has 240 valence electrons. The Morgan fingerprint density at radius 2 is 0.980 bits per heavy atom. The Balaban J connectivity index is 1.20. The molecule has 0 fully saturated rings. The van der Waals surface area contributed by atoms with Gasteiger partial charge in [0.05, 0.1) is 5.69 Å². The molecule has 0 aliphatic heterocycles. The third-order valence-electron chi connectivity index (χ3n) is 10.6. The van der Waals surface area contributed by atoms with Crippen LogP contribution in [0.15, 0.2) is 158 Å². The zero-order chi connectivity index (χ0) is 34.1. The number of rotatable bonds is 4. The average molecular weight is 653 g/mol. The van der Waals surface area contributed by atoms with Gasteiger partial charge in [0.15, 0.2) is 17.5 Å². The van der Waals surface area contributed by atoms with E-state index in [0.717, 1.165) is 27.9 Å². The molecule has 51 heavy (non-hydrogen) atoms. The largest absolute Gasteiger partial charge is 0.256 e. The van der Waals surface area contributed by atoms with Crippen LogP contribution in [0.3, 0.4) is 0 Å². The minimum atomic E-state index is -0.0804. The lowest BCUT2D eigenvalue weighted by atomic mass is 9.81. The van der Waals surface area contributed by atoms with Gasteiger partial charge in [0, 0.05) is 33.9 Å². The first-order valence-corrected chi connectivity index (χ1v) is 17.4. The van der Waals surface area contributed by atoms with Gasteiger partial charge in [0.25, 0.3) is 0 Å². The molecule has 1 aliphatic rings. The lowest BCUT2D eigenvalue weighted by Gasteiger charge is -2.22. The Hall–Kier alpha value is -6.52. The zero-order valence-electron chi connectivity index (χ0n) is 28.3. The van der Waals surface area contributed by atoms with Gasteiger partial charge < -0.3 is 0 Å². The number of nitrogens with zero attached hydrogens (tertiary/aromatic N) is 4. The second-order valence-electron chi connectivity index (χ2n) is 13.9. The third kappa shape index (κ3) is 4.60. The number of benzene rings is 7. The molecule has 0 bridgehead atoms. The fourth-order valence-electron chi connectivity index (χ4n) is 8.05. The summed E-state index contributed by atoms with van der Waals surface area (Å²) in [5, 5.41) is 7.47. The van der Waals surface area contributed by atoms with Crippen molar-refractivity contribution in [3.63, 3.8) is 0 Å². The topological polar surface area (TPSA) is 51.6 Å². The third-order valence-corrected chi connectivity index (χ3v) is 10.6. The molecule has 0 saturated carbocycles. The highest BCUT2D eigenvalue weighted by Crippen LogP contribution is 2.53. The highest BCUT2D eigenvalue weighted by molar-refractivity contribution is 6.29. The fraction of sp³-hybridized carbons (Fsp3) is 0.0638. The fourth-order valence-corrected chi connectivity index (χ4v) is 8.05. The molecule has 0 saturated heterocycles. The van der Waals surface area contributed by atoms with Gasteiger partial charge in [0.2, 0.25) is 0 Å². The van der Waals surface area contributed by atoms with Crippen molar-refractivity contribution < 1.29 is 0 Å². The van der Waals surface area contributed by atoms with Gasteiger partial charge in [-0.2, -0.15) is 0 Å². The van der Waals surface area contributed by atoms with Crippen LogP contribution in [0, 0.1) is 0 Å². The maximum atomic E-state index is 5.12. The second kappa shape index (κ2) is 11.3. The van der Waals surface area contributed by atoms with Crippen LogP contribution in [-0.2, 0) is 5.41 Å². The van der Waals surface area contributed by atoms with E-state index in [9.17, 15) is 0 Å². The first-order valence-electron chi connectivity index (χ1n) is 17.4. The SMILES string of the molecule is CC1(C)c2ccccc2-c2c1ccc1c3ccccc3c3cc(-c4nc(-c5ccccc5)nc(-c5ccc(-c6ccccn6)cc5)n4)ccc3c21. The lowest BCUT2D eigenvalue weighted by molar-refractivity contribution is 0.661. The summed E-state index contributed by atoms with van der Waals surface area (Å²) in [6, 6.07) is 53.5. The summed E-state index contributed by atoms with van der Waals surface area (Å²) in [7, 11) is 0. The molecule has 4 heteroatoms. The van der Waals surface area contributed by atoms with Crippen LogP contribution in [0.1, 0.15) is 25.0 Å². The van der Waals surface area contributed by atoms with Gasteiger partial charge in [-0.05, 0) is 72.8 Å². The van der Waals surface area contributed by atoms with Crippen LogP contribution in [0.2, 0.25) is 0 Å². The molecule has 0 N–H and O–H groups in total. The second-order valence-corrected chi connectivity index (χ2v) is 13.9. The van der Waals surface area contributed by atoms with Crippen molar-refractivity contribution in [1.29, 1.82) is 0 Å². The molecule has 0 radical (unpaired) electrons. The molecule has 1 aliphatic carbocycles. The van der Waals surface area contributed by atoms with Crippen molar-refractivity contribution in [2.45, 2.75) is 19.3 Å². The molecule has 0 spiro atoms. The van der Waals surface area contributed by atoms with E-state index in [1.807, 2.05) is 54.7 Å². The molecular formula is C47H32N4. The molecule has 9 aromatic rings. The van der Waals surface area contributed by atoms with Crippen LogP contribution in [-0.4, -0.2) is 19.9 Å². The van der Waals surface area contributed by atoms with Crippen molar-refractivity contribution in [3.05, 3.63) is 169 Å². The lowest BCUT2D eigenvalue weighted by Crippen LogP contribution is -2.14. The van der Waals surface area contributed by atoms with Gasteiger partial charge in [-0.1, -0.05) is 147 Å². The first-order chi connectivity index (χ1) is 25.0. The smallest absolute Gasteiger partial charge is 0.164 e. The molecule has 10 rings (SSSR count). The molecule has 7 aromatic carbocycles. The monoisotopic (exact) mass is 652 g/mol. The minimum absolute atomic E-state index is 0.0804. The Morgan fingerprint density at radius 1 is 0.412 bits per heavy atom. The first kappa shape index (κ1) is 29.4. The summed E-state index contributed by atoms with van der Waals surface area (Å²) in [6.07, 6.45) is 1.82. The van der Waals surface area contributed by atoms with E-state index in [0.29, 0.717) is 17.5 Å². The minimum Gasteiger partial charge on any atom is -0.256 e. The van der Waals surface area contributed by atoms with Gasteiger partial charge in [-0.25, -0.2) is 15.0 Å². The highest BCUT2D eigenvalue weighted by Gasteiger charge is 2.36. The van der Waals surface area contributed by atoms with Crippen molar-refractivity contribution in [1.82, 2.24) is 19.9 Å². The summed E-state index contributed by atoms with van der Waals surface area (Å²) >= 11 is 0. The number of pyridine rings is 1. The summed E-state index contributed by atoms with van der Waals surface area (Å²) in [4.78, 5) is 19.7. The average Bonchev–Trinajstić information content (AvgIpc) is 3.44. The van der Waals surface area contributed by atoms with Crippen molar-refractivity contribution in [3.8, 4) is 56.5 Å². The van der Waals surface area contributed by atoms with E-state index in [1.54, 1.807) is 0 Å². The molecule has 2 heterocycles. The molecule has 0 amide bonds. The summed E-state index contributed by atoms with van der Waals surface area (Å²) in [6.45, 7) is 4.69. The van der Waals surface area contributed by atoms with Gasteiger partial charge in [-0.15, -0.1) is 0 Å². The van der Waals surface area contributed by atoms with E-state index >= 15 is 0 Å². The molecule has 0 unspecified atom stereocenters. The van der Waals surface area contributed by atoms with Crippen molar-refractivity contribution >= 4 is 32.3 Å². The maximum Gasteiger partial charge on any atom is 0.164 e. The molecule has 4 nitrogen and oxygen atoms in total. The maximum absolute atomic E-state index is 5.12. The van der Waals surface area contributed by atoms with Crippen LogP contribution in [0.4, 0.5) is 0 Å². The molecule has 0 atom stereocenters. The normalized spacial score (nSPS) is 13.1. The Labute approximate surface area is 296 Å². The predicted octanol–water partition coefficient (Wildman–Crippen LogP) is 11.7. The quantitative estimate of drug-likeness (QED) is 0.178. The Morgan fingerprint density at radius 3 is 1.73 bits per heavy atom. The zero-order valence-corrected chi connectivity index (χ0v) is 28.3. The molecular weight excluding hydrogens is 621 g/mol. The van der Waals surface area contributed by atoms with Crippen molar-refractivity contribution in [2.75, 3.05) is 0 Å². The Kier molecular flexibility index (Phi) is 6.49. The van der Waals surface area contributed by atoms with Crippen LogP contribution >= 0.6 is 0 Å². The standard InChI is InChI=1S/C47H32N4/c1-47(2)39-17-9-8-16-37(39)43-40(47)26-25-35-33-14-6-7-15-34(33)38-28-32(23-24-36(38)42(35)43)46-50-44(30-12-4-3-5-13-30)49-45(51-46)31-21-19-29(20-22-31)41-18-10-11-27-48-41/h3-28H,1-2H3. The highest BCUT2D eigenvalue weighted by atomic mass is 15.0. The van der Waals surface area contributed by atoms with Gasteiger partial charge in [-0.3, -0.25) is 4.98 Å². The van der Waals surface area contributed by atoms with E-state index in [4.69, 9.17) is 15.0 Å². The summed E-state index contributed by atoms with van der Waals surface area (Å²) < 4.78 is 0. The number of hydrogen-bond acceptors (Lipinski definition) is 4. The van der Waals surface area contributed by atoms with E-state index in [1.165, 1.54) is 54.6 Å². The van der Waals surface area contributed by atoms with Crippen LogP contribution in [0.25, 0.3) is 88.9 Å². The van der Waals surface area contributed by atoms with Crippen LogP contribution < -0.4 is 0 Å². The number of hydrogen-bond donors (Lipinski definition) is 0. The van der Waals surface area contributed by atoms with Gasteiger partial charge >= 0.3 is 0 Å². The molecule has 2 aromatic heterocycles. The summed E-state index contributed by atoms with van der Waals surface area (Å²) in [5.41, 5.74) is 10.1. The van der Waals surface area contributed by atoms with Crippen LogP contribution in [0.5, 0.6) is 0 Å². The van der Waals surface area contributed by atoms with E-state index in [-0.39, 0.29) is 5.41 Å². The van der Waals surface area contributed by atoms with Crippen molar-refractivity contribution in [2.24, 2.45) is 0 Å². The number of aromatic nitrogens is 4. The number of fused-ring (bicyclic) bond motifs is 10.